The summed E-state index contributed by atoms with van der Waals surface area (Å²) in [6.07, 6.45) is 3.46. The van der Waals surface area contributed by atoms with E-state index in [0.29, 0.717) is 0 Å². The quantitative estimate of drug-likeness (QED) is 0.768. The maximum atomic E-state index is 6.03. The van der Waals surface area contributed by atoms with Crippen LogP contribution in [0.2, 0.25) is 0 Å². The fourth-order valence-electron chi connectivity index (χ4n) is 3.19. The number of thioether (sulfide) groups is 1. The van der Waals surface area contributed by atoms with E-state index in [9.17, 15) is 0 Å². The molecule has 2 N–H and O–H groups in total. The summed E-state index contributed by atoms with van der Waals surface area (Å²) in [4.78, 5) is 6.41. The van der Waals surface area contributed by atoms with Crippen LogP contribution in [0.1, 0.15) is 37.1 Å². The summed E-state index contributed by atoms with van der Waals surface area (Å²) >= 11 is 7.18. The van der Waals surface area contributed by atoms with Crippen molar-refractivity contribution in [3.63, 3.8) is 0 Å². The van der Waals surface area contributed by atoms with Crippen molar-refractivity contribution in [2.24, 2.45) is 16.1 Å². The van der Waals surface area contributed by atoms with Crippen molar-refractivity contribution in [2.45, 2.75) is 38.6 Å². The summed E-state index contributed by atoms with van der Waals surface area (Å²) in [6.45, 7) is 4.68. The predicted octanol–water partition coefficient (Wildman–Crippen LogP) is 4.13. The first-order chi connectivity index (χ1) is 8.45. The summed E-state index contributed by atoms with van der Waals surface area (Å²) in [7, 11) is 0. The van der Waals surface area contributed by atoms with Crippen molar-refractivity contribution in [2.75, 3.05) is 5.75 Å². The van der Waals surface area contributed by atoms with Crippen LogP contribution in [0.4, 0.5) is 0 Å². The predicted molar refractivity (Wildman–Crippen MR) is 84.5 cm³/mol. The lowest BCUT2D eigenvalue weighted by molar-refractivity contribution is 0.134. The van der Waals surface area contributed by atoms with Gasteiger partial charge in [-0.3, -0.25) is 4.99 Å². The second kappa shape index (κ2) is 4.25. The van der Waals surface area contributed by atoms with Gasteiger partial charge in [0, 0.05) is 10.6 Å². The van der Waals surface area contributed by atoms with Crippen molar-refractivity contribution < 1.29 is 0 Å². The van der Waals surface area contributed by atoms with E-state index < -0.39 is 0 Å². The van der Waals surface area contributed by atoms with Crippen molar-refractivity contribution >= 4 is 44.2 Å². The van der Waals surface area contributed by atoms with E-state index in [2.05, 4.69) is 35.8 Å². The Balaban J connectivity index is 2.23. The van der Waals surface area contributed by atoms with Gasteiger partial charge in [-0.2, -0.15) is 0 Å². The van der Waals surface area contributed by atoms with Gasteiger partial charge in [-0.25, -0.2) is 0 Å². The standard InChI is InChI=1S/C13H17BrN2S2/c1-12(2)4-3-9-8(7-10(14)18-9)13(12)5-6-17-11(15)16-13/h7H,3-6H2,1-2H3,(H2,15,16). The van der Waals surface area contributed by atoms with Gasteiger partial charge < -0.3 is 5.73 Å². The van der Waals surface area contributed by atoms with Crippen molar-refractivity contribution in [1.82, 2.24) is 0 Å². The number of thiophene rings is 1. The van der Waals surface area contributed by atoms with E-state index in [4.69, 9.17) is 10.7 Å². The Bertz CT molecular complexity index is 521. The topological polar surface area (TPSA) is 38.4 Å². The molecule has 1 aliphatic heterocycles. The van der Waals surface area contributed by atoms with Gasteiger partial charge in [-0.15, -0.1) is 11.3 Å². The van der Waals surface area contributed by atoms with E-state index in [-0.39, 0.29) is 11.0 Å². The average Bonchev–Trinajstić information content (AvgIpc) is 2.67. The maximum Gasteiger partial charge on any atom is 0.154 e. The summed E-state index contributed by atoms with van der Waals surface area (Å²) < 4.78 is 1.22. The number of aliphatic imine (C=N–C) groups is 1. The molecule has 0 saturated carbocycles. The van der Waals surface area contributed by atoms with Crippen molar-refractivity contribution in [3.05, 3.63) is 20.3 Å². The molecule has 0 fully saturated rings. The van der Waals surface area contributed by atoms with Crippen molar-refractivity contribution in [1.29, 1.82) is 0 Å². The lowest BCUT2D eigenvalue weighted by Gasteiger charge is -2.49. The third-order valence-electron chi connectivity index (χ3n) is 4.34. The number of fused-ring (bicyclic) bond motifs is 2. The molecule has 0 bridgehead atoms. The zero-order valence-corrected chi connectivity index (χ0v) is 13.8. The first-order valence-electron chi connectivity index (χ1n) is 6.21. The highest BCUT2D eigenvalue weighted by Crippen LogP contribution is 2.56. The molecule has 18 heavy (non-hydrogen) atoms. The second-order valence-corrected chi connectivity index (χ2v) is 9.31. The minimum absolute atomic E-state index is 0.0988. The Morgan fingerprint density at radius 1 is 1.39 bits per heavy atom. The molecule has 1 atom stereocenters. The van der Waals surface area contributed by atoms with Gasteiger partial charge in [0.2, 0.25) is 0 Å². The molecule has 2 heterocycles. The molecule has 0 radical (unpaired) electrons. The van der Waals surface area contributed by atoms with Crippen LogP contribution in [-0.2, 0) is 12.0 Å². The van der Waals surface area contributed by atoms with E-state index in [0.717, 1.165) is 17.3 Å². The highest BCUT2D eigenvalue weighted by Gasteiger charge is 2.51. The van der Waals surface area contributed by atoms with Crippen LogP contribution in [0.3, 0.4) is 0 Å². The smallest absolute Gasteiger partial charge is 0.154 e. The van der Waals surface area contributed by atoms with Gasteiger partial charge in [-0.1, -0.05) is 25.6 Å². The Hall–Kier alpha value is -0.000000000000000111. The number of nitrogens with zero attached hydrogens (tertiary/aromatic N) is 1. The summed E-state index contributed by atoms with van der Waals surface area (Å²) in [5.41, 5.74) is 7.53. The Morgan fingerprint density at radius 3 is 2.89 bits per heavy atom. The van der Waals surface area contributed by atoms with Gasteiger partial charge in [0.05, 0.1) is 9.33 Å². The highest BCUT2D eigenvalue weighted by atomic mass is 79.9. The van der Waals surface area contributed by atoms with Crippen LogP contribution < -0.4 is 5.73 Å². The maximum absolute atomic E-state index is 6.03. The molecule has 1 aliphatic carbocycles. The molecule has 2 aliphatic rings. The fraction of sp³-hybridized carbons (Fsp3) is 0.615. The van der Waals surface area contributed by atoms with E-state index in [1.807, 2.05) is 11.3 Å². The van der Waals surface area contributed by atoms with Gasteiger partial charge in [-0.05, 0) is 52.2 Å². The van der Waals surface area contributed by atoms with Crippen molar-refractivity contribution in [3.8, 4) is 0 Å². The SMILES string of the molecule is CC1(C)CCc2sc(Br)cc2C12CCSC(N)=N2. The molecule has 0 saturated heterocycles. The molecule has 1 unspecified atom stereocenters. The highest BCUT2D eigenvalue weighted by molar-refractivity contribution is 9.11. The number of rotatable bonds is 0. The van der Waals surface area contributed by atoms with Gasteiger partial charge in [0.1, 0.15) is 0 Å². The van der Waals surface area contributed by atoms with E-state index in [1.54, 1.807) is 11.8 Å². The van der Waals surface area contributed by atoms with Crippen LogP contribution in [0.5, 0.6) is 0 Å². The van der Waals surface area contributed by atoms with Crippen LogP contribution in [0.25, 0.3) is 0 Å². The first-order valence-corrected chi connectivity index (χ1v) is 8.81. The molecule has 1 spiro atoms. The monoisotopic (exact) mass is 344 g/mol. The average molecular weight is 345 g/mol. The van der Waals surface area contributed by atoms with E-state index in [1.165, 1.54) is 27.1 Å². The van der Waals surface area contributed by atoms with Gasteiger partial charge >= 0.3 is 0 Å². The Kier molecular flexibility index (Phi) is 3.07. The Labute approximate surface area is 125 Å². The number of amidine groups is 1. The molecule has 5 heteroatoms. The van der Waals surface area contributed by atoms with Crippen LogP contribution in [0.15, 0.2) is 14.8 Å². The third-order valence-corrected chi connectivity index (χ3v) is 6.83. The fourth-order valence-corrected chi connectivity index (χ4v) is 5.79. The number of hydrogen-bond donors (Lipinski definition) is 1. The van der Waals surface area contributed by atoms with Crippen LogP contribution >= 0.6 is 39.0 Å². The number of aryl methyl sites for hydroxylation is 1. The van der Waals surface area contributed by atoms with Gasteiger partial charge in [0.25, 0.3) is 0 Å². The molecular weight excluding hydrogens is 328 g/mol. The van der Waals surface area contributed by atoms with Crippen LogP contribution in [-0.4, -0.2) is 10.9 Å². The summed E-state index contributed by atoms with van der Waals surface area (Å²) in [5, 5.41) is 0.754. The minimum atomic E-state index is -0.0988. The van der Waals surface area contributed by atoms with E-state index >= 15 is 0 Å². The van der Waals surface area contributed by atoms with Crippen LogP contribution in [0, 0.1) is 5.41 Å². The molecular formula is C13H17BrN2S2. The molecule has 2 nitrogen and oxygen atoms in total. The molecule has 1 aromatic rings. The Morgan fingerprint density at radius 2 is 2.17 bits per heavy atom. The third kappa shape index (κ3) is 1.78. The number of hydrogen-bond acceptors (Lipinski definition) is 4. The number of halogens is 1. The second-order valence-electron chi connectivity index (χ2n) is 5.68. The zero-order valence-electron chi connectivity index (χ0n) is 10.6. The largest absolute Gasteiger partial charge is 0.379 e. The molecule has 1 aromatic heterocycles. The molecule has 0 amide bonds. The first kappa shape index (κ1) is 13.0. The molecule has 98 valence electrons. The summed E-state index contributed by atoms with van der Waals surface area (Å²) in [6, 6.07) is 2.27. The lowest BCUT2D eigenvalue weighted by atomic mass is 9.61. The minimum Gasteiger partial charge on any atom is -0.379 e. The number of nitrogens with two attached hydrogens (primary N) is 1. The molecule has 3 rings (SSSR count). The van der Waals surface area contributed by atoms with Gasteiger partial charge in [0.15, 0.2) is 5.17 Å². The lowest BCUT2D eigenvalue weighted by Crippen LogP contribution is -2.47. The molecule has 0 aromatic carbocycles. The zero-order chi connectivity index (χ0) is 13.0. The summed E-state index contributed by atoms with van der Waals surface area (Å²) in [5.74, 6) is 1.08. The normalized spacial score (nSPS) is 30.1.